The number of ether oxygens (including phenoxy) is 4. The molecule has 5 rings (SSSR count). The molecule has 2 aromatic carbocycles. The van der Waals surface area contributed by atoms with E-state index >= 15 is 0 Å². The van der Waals surface area contributed by atoms with Gasteiger partial charge < -0.3 is 23.4 Å². The van der Waals surface area contributed by atoms with Gasteiger partial charge in [-0.2, -0.15) is 0 Å². The summed E-state index contributed by atoms with van der Waals surface area (Å²) >= 11 is 1.00. The van der Waals surface area contributed by atoms with E-state index in [0.717, 1.165) is 11.3 Å². The zero-order valence-electron chi connectivity index (χ0n) is 21.3. The molecule has 196 valence electrons. The molecule has 4 aromatic rings. The number of aromatic nitrogens is 1. The Morgan fingerprint density at radius 2 is 1.76 bits per heavy atom. The lowest BCUT2D eigenvalue weighted by Gasteiger charge is -2.24. The number of nitrogens with zero attached hydrogens (tertiary/aromatic N) is 2. The van der Waals surface area contributed by atoms with E-state index in [1.165, 1.54) is 26.2 Å². The van der Waals surface area contributed by atoms with Crippen molar-refractivity contribution in [2.45, 2.75) is 19.9 Å². The standard InChI is InChI=1S/C27H24N2O8S/c1-6-36-26(32)24-13(2)28-27(38-24)29-20(14-11-17(33-3)22(35-5)18(12-14)34-4)19-21(30)15-9-7-8-10-16(15)37-23(19)25(29)31/h7-12,20H,6H2,1-5H3. The van der Waals surface area contributed by atoms with Crippen LogP contribution in [-0.2, 0) is 4.74 Å². The maximum Gasteiger partial charge on any atom is 0.350 e. The zero-order chi connectivity index (χ0) is 27.1. The van der Waals surface area contributed by atoms with E-state index in [-0.39, 0.29) is 39.0 Å². The second kappa shape index (κ2) is 9.82. The van der Waals surface area contributed by atoms with Crippen LogP contribution in [-0.4, -0.2) is 44.8 Å². The molecule has 1 atom stereocenters. The molecule has 10 nitrogen and oxygen atoms in total. The van der Waals surface area contributed by atoms with E-state index in [9.17, 15) is 14.4 Å². The van der Waals surface area contributed by atoms with E-state index < -0.39 is 17.9 Å². The number of benzene rings is 2. The van der Waals surface area contributed by atoms with Crippen molar-refractivity contribution in [3.05, 3.63) is 74.1 Å². The Labute approximate surface area is 221 Å². The first-order valence-corrected chi connectivity index (χ1v) is 12.5. The summed E-state index contributed by atoms with van der Waals surface area (Å²) in [6.07, 6.45) is 0. The number of carbonyl (C=O) groups excluding carboxylic acids is 2. The van der Waals surface area contributed by atoms with Gasteiger partial charge in [-0.25, -0.2) is 9.78 Å². The minimum Gasteiger partial charge on any atom is -0.493 e. The Morgan fingerprint density at radius 1 is 1.08 bits per heavy atom. The second-order valence-corrected chi connectivity index (χ2v) is 9.32. The van der Waals surface area contributed by atoms with Crippen molar-refractivity contribution in [1.29, 1.82) is 0 Å². The van der Waals surface area contributed by atoms with E-state index in [1.807, 2.05) is 0 Å². The maximum atomic E-state index is 13.9. The van der Waals surface area contributed by atoms with Crippen molar-refractivity contribution in [2.24, 2.45) is 0 Å². The summed E-state index contributed by atoms with van der Waals surface area (Å²) in [5.74, 6) is -0.160. The SMILES string of the molecule is CCOC(=O)c1sc(N2C(=O)c3oc4ccccc4c(=O)c3C2c2cc(OC)c(OC)c(OC)c2)nc1C. The molecule has 0 N–H and O–H groups in total. The van der Waals surface area contributed by atoms with Crippen LogP contribution in [0.4, 0.5) is 5.13 Å². The van der Waals surface area contributed by atoms with Gasteiger partial charge in [0.25, 0.3) is 5.91 Å². The summed E-state index contributed by atoms with van der Waals surface area (Å²) in [5.41, 5.74) is 0.987. The summed E-state index contributed by atoms with van der Waals surface area (Å²) in [6.45, 7) is 3.56. The van der Waals surface area contributed by atoms with Gasteiger partial charge >= 0.3 is 5.97 Å². The van der Waals surface area contributed by atoms with Crippen molar-refractivity contribution < 1.29 is 33.0 Å². The predicted octanol–water partition coefficient (Wildman–Crippen LogP) is 4.51. The van der Waals surface area contributed by atoms with Crippen LogP contribution in [0.1, 0.15) is 50.0 Å². The molecule has 0 saturated carbocycles. The number of anilines is 1. The molecule has 11 heteroatoms. The van der Waals surface area contributed by atoms with Gasteiger partial charge in [0, 0.05) is 0 Å². The van der Waals surface area contributed by atoms with Crippen molar-refractivity contribution in [3.8, 4) is 17.2 Å². The van der Waals surface area contributed by atoms with Crippen LogP contribution in [0.5, 0.6) is 17.2 Å². The number of fused-ring (bicyclic) bond motifs is 2. The molecular weight excluding hydrogens is 512 g/mol. The molecular formula is C27H24N2O8S. The molecule has 1 aliphatic rings. The molecule has 0 fully saturated rings. The monoisotopic (exact) mass is 536 g/mol. The fourth-order valence-electron chi connectivity index (χ4n) is 4.56. The molecule has 0 spiro atoms. The van der Waals surface area contributed by atoms with Crippen LogP contribution in [0.15, 0.2) is 45.6 Å². The highest BCUT2D eigenvalue weighted by molar-refractivity contribution is 7.17. The largest absolute Gasteiger partial charge is 0.493 e. The van der Waals surface area contributed by atoms with Gasteiger partial charge in [-0.3, -0.25) is 14.5 Å². The Balaban J connectivity index is 1.79. The zero-order valence-corrected chi connectivity index (χ0v) is 22.1. The maximum absolute atomic E-state index is 13.9. The fourth-order valence-corrected chi connectivity index (χ4v) is 5.55. The first-order valence-electron chi connectivity index (χ1n) is 11.7. The highest BCUT2D eigenvalue weighted by Gasteiger charge is 2.46. The molecule has 0 bridgehead atoms. The van der Waals surface area contributed by atoms with Crippen molar-refractivity contribution in [3.63, 3.8) is 0 Å². The molecule has 38 heavy (non-hydrogen) atoms. The molecule has 0 saturated heterocycles. The lowest BCUT2D eigenvalue weighted by atomic mass is 9.98. The van der Waals surface area contributed by atoms with Gasteiger partial charge in [0.05, 0.1) is 50.6 Å². The van der Waals surface area contributed by atoms with Gasteiger partial charge in [-0.1, -0.05) is 23.5 Å². The van der Waals surface area contributed by atoms with Gasteiger partial charge in [0.1, 0.15) is 10.5 Å². The molecule has 0 aliphatic carbocycles. The number of thiazole rings is 1. The second-order valence-electron chi connectivity index (χ2n) is 8.34. The number of hydrogen-bond acceptors (Lipinski definition) is 10. The smallest absolute Gasteiger partial charge is 0.350 e. The third-order valence-electron chi connectivity index (χ3n) is 6.23. The Morgan fingerprint density at radius 3 is 2.39 bits per heavy atom. The number of rotatable bonds is 7. The van der Waals surface area contributed by atoms with Crippen LogP contribution in [0, 0.1) is 6.92 Å². The third-order valence-corrected chi connectivity index (χ3v) is 7.37. The number of esters is 1. The number of para-hydroxylation sites is 1. The van der Waals surface area contributed by atoms with Crippen molar-refractivity contribution >= 4 is 39.3 Å². The van der Waals surface area contributed by atoms with Crippen LogP contribution >= 0.6 is 11.3 Å². The minimum absolute atomic E-state index is 0.0991. The average molecular weight is 537 g/mol. The Bertz CT molecular complexity index is 1620. The van der Waals surface area contributed by atoms with Crippen molar-refractivity contribution in [2.75, 3.05) is 32.8 Å². The van der Waals surface area contributed by atoms with Gasteiger partial charge in [0.15, 0.2) is 22.1 Å². The number of hydrogen-bond donors (Lipinski definition) is 0. The van der Waals surface area contributed by atoms with Crippen LogP contribution in [0.3, 0.4) is 0 Å². The average Bonchev–Trinajstić information content (AvgIpc) is 3.45. The summed E-state index contributed by atoms with van der Waals surface area (Å²) in [7, 11) is 4.44. The van der Waals surface area contributed by atoms with E-state index in [4.69, 9.17) is 23.4 Å². The third kappa shape index (κ3) is 3.86. The highest BCUT2D eigenvalue weighted by atomic mass is 32.1. The van der Waals surface area contributed by atoms with Crippen LogP contribution in [0.25, 0.3) is 11.0 Å². The first-order chi connectivity index (χ1) is 18.3. The van der Waals surface area contributed by atoms with Crippen LogP contribution in [0.2, 0.25) is 0 Å². The molecule has 1 amide bonds. The Kier molecular flexibility index (Phi) is 6.53. The number of amides is 1. The molecule has 1 aliphatic heterocycles. The van der Waals surface area contributed by atoms with Gasteiger partial charge in [-0.05, 0) is 43.7 Å². The van der Waals surface area contributed by atoms with E-state index in [2.05, 4.69) is 4.98 Å². The molecule has 3 heterocycles. The molecule has 1 unspecified atom stereocenters. The number of methoxy groups -OCH3 is 3. The quantitative estimate of drug-likeness (QED) is 0.314. The highest BCUT2D eigenvalue weighted by Crippen LogP contribution is 2.47. The van der Waals surface area contributed by atoms with E-state index in [0.29, 0.717) is 33.9 Å². The van der Waals surface area contributed by atoms with Crippen molar-refractivity contribution in [1.82, 2.24) is 4.98 Å². The van der Waals surface area contributed by atoms with Gasteiger partial charge in [0.2, 0.25) is 11.5 Å². The first kappa shape index (κ1) is 25.3. The summed E-state index contributed by atoms with van der Waals surface area (Å²) in [6, 6.07) is 9.12. The van der Waals surface area contributed by atoms with Crippen LogP contribution < -0.4 is 24.5 Å². The Hall–Kier alpha value is -4.38. The summed E-state index contributed by atoms with van der Waals surface area (Å²) in [5, 5.41) is 0.546. The lowest BCUT2D eigenvalue weighted by Crippen LogP contribution is -2.29. The van der Waals surface area contributed by atoms with E-state index in [1.54, 1.807) is 50.2 Å². The molecule has 2 aromatic heterocycles. The summed E-state index contributed by atoms with van der Waals surface area (Å²) in [4.78, 5) is 46.3. The van der Waals surface area contributed by atoms with Gasteiger partial charge in [-0.15, -0.1) is 0 Å². The predicted molar refractivity (Wildman–Crippen MR) is 140 cm³/mol. The topological polar surface area (TPSA) is 117 Å². The lowest BCUT2D eigenvalue weighted by molar-refractivity contribution is 0.0531. The number of aryl methyl sites for hydroxylation is 1. The molecule has 0 radical (unpaired) electrons. The minimum atomic E-state index is -0.951. The number of carbonyl (C=O) groups is 2. The fraction of sp³-hybridized carbons (Fsp3) is 0.259. The normalized spacial score (nSPS) is 14.5. The summed E-state index contributed by atoms with van der Waals surface area (Å²) < 4.78 is 27.7.